The summed E-state index contributed by atoms with van der Waals surface area (Å²) in [4.78, 5) is 0. The third-order valence-electron chi connectivity index (χ3n) is 5.76. The first-order valence-electron chi connectivity index (χ1n) is 9.80. The summed E-state index contributed by atoms with van der Waals surface area (Å²) in [5.74, 6) is 0.986. The molecule has 4 rings (SSSR count). The summed E-state index contributed by atoms with van der Waals surface area (Å²) in [6, 6.07) is 16.3. The minimum absolute atomic E-state index is 0.0145. The molecule has 0 saturated heterocycles. The fourth-order valence-electron chi connectivity index (χ4n) is 4.23. The lowest BCUT2D eigenvalue weighted by molar-refractivity contribution is 0.237. The van der Waals surface area contributed by atoms with Gasteiger partial charge in [0.2, 0.25) is 0 Å². The molecule has 26 heavy (non-hydrogen) atoms. The fraction of sp³-hybridized carbons (Fsp3) is 0.391. The Hall–Kier alpha value is -2.26. The van der Waals surface area contributed by atoms with Crippen molar-refractivity contribution in [2.45, 2.75) is 51.2 Å². The third kappa shape index (κ3) is 3.63. The van der Waals surface area contributed by atoms with E-state index < -0.39 is 0 Å². The van der Waals surface area contributed by atoms with Crippen LogP contribution in [0.15, 0.2) is 54.6 Å². The zero-order valence-corrected chi connectivity index (χ0v) is 15.4. The van der Waals surface area contributed by atoms with Gasteiger partial charge in [0.25, 0.3) is 0 Å². The van der Waals surface area contributed by atoms with Gasteiger partial charge in [-0.2, -0.15) is 0 Å². The van der Waals surface area contributed by atoms with Gasteiger partial charge in [-0.1, -0.05) is 67.3 Å². The highest BCUT2D eigenvalue weighted by Crippen LogP contribution is 2.34. The molecule has 2 atom stereocenters. The zero-order chi connectivity index (χ0) is 17.9. The zero-order valence-electron chi connectivity index (χ0n) is 15.4. The van der Waals surface area contributed by atoms with E-state index in [1.165, 1.54) is 43.2 Å². The lowest BCUT2D eigenvalue weighted by atomic mass is 9.85. The molecule has 1 aliphatic carbocycles. The molecule has 0 bridgehead atoms. The maximum atomic E-state index is 10.4. The van der Waals surface area contributed by atoms with Crippen LogP contribution in [-0.4, -0.2) is 11.3 Å². The van der Waals surface area contributed by atoms with Crippen molar-refractivity contribution in [1.29, 1.82) is 0 Å². The number of aromatic hydroxyl groups is 1. The Morgan fingerprint density at radius 1 is 0.923 bits per heavy atom. The molecule has 1 aliphatic heterocycles. The van der Waals surface area contributed by atoms with E-state index >= 15 is 0 Å². The Morgan fingerprint density at radius 3 is 2.38 bits per heavy atom. The minimum atomic E-state index is 0.0145. The predicted octanol–water partition coefficient (Wildman–Crippen LogP) is 4.88. The second-order valence-corrected chi connectivity index (χ2v) is 7.67. The normalized spacial score (nSPS) is 24.0. The molecule has 1 fully saturated rings. The Labute approximate surface area is 156 Å². The van der Waals surface area contributed by atoms with Crippen LogP contribution in [0.25, 0.3) is 5.70 Å². The predicted molar refractivity (Wildman–Crippen MR) is 107 cm³/mol. The van der Waals surface area contributed by atoms with Crippen LogP contribution in [0.5, 0.6) is 5.75 Å². The maximum absolute atomic E-state index is 10.4. The summed E-state index contributed by atoms with van der Waals surface area (Å²) in [7, 11) is 0. The summed E-state index contributed by atoms with van der Waals surface area (Å²) >= 11 is 0. The van der Waals surface area contributed by atoms with Crippen LogP contribution in [0, 0.1) is 12.8 Å². The number of aryl methyl sites for hydroxylation is 1. The van der Waals surface area contributed by atoms with Crippen molar-refractivity contribution < 1.29 is 5.11 Å². The second kappa shape index (κ2) is 7.55. The number of benzene rings is 2. The molecule has 136 valence electrons. The average molecular weight is 348 g/mol. The smallest absolute Gasteiger partial charge is 0.120 e. The minimum Gasteiger partial charge on any atom is -0.508 e. The molecule has 1 heterocycles. The molecule has 0 radical (unpaired) electrons. The second-order valence-electron chi connectivity index (χ2n) is 7.67. The standard InChI is InChI=1S/C23H28N2O/c1-16-11-13-17(14-12-16)20-15-21(19-9-5-6-10-22(19)26)25-23(24-20)18-7-3-2-4-8-18/h5-6,9-15,18,21,23-26H,2-4,7-8H2,1H3. The topological polar surface area (TPSA) is 44.3 Å². The lowest BCUT2D eigenvalue weighted by Gasteiger charge is -2.39. The van der Waals surface area contributed by atoms with Gasteiger partial charge in [-0.25, -0.2) is 0 Å². The van der Waals surface area contributed by atoms with Crippen LogP contribution in [0.2, 0.25) is 0 Å². The van der Waals surface area contributed by atoms with Crippen molar-refractivity contribution in [2.24, 2.45) is 5.92 Å². The first-order valence-corrected chi connectivity index (χ1v) is 9.80. The lowest BCUT2D eigenvalue weighted by Crippen LogP contribution is -2.51. The summed E-state index contributed by atoms with van der Waals surface area (Å²) in [6.07, 6.45) is 8.95. The van der Waals surface area contributed by atoms with Gasteiger partial charge in [-0.3, -0.25) is 5.32 Å². The van der Waals surface area contributed by atoms with Crippen molar-refractivity contribution >= 4 is 5.70 Å². The van der Waals surface area contributed by atoms with Crippen LogP contribution in [0.1, 0.15) is 54.8 Å². The molecule has 3 heteroatoms. The van der Waals surface area contributed by atoms with E-state index in [9.17, 15) is 5.11 Å². The van der Waals surface area contributed by atoms with Crippen LogP contribution < -0.4 is 10.6 Å². The largest absolute Gasteiger partial charge is 0.508 e. The quantitative estimate of drug-likeness (QED) is 0.740. The van der Waals surface area contributed by atoms with E-state index in [4.69, 9.17) is 0 Å². The molecular weight excluding hydrogens is 320 g/mol. The van der Waals surface area contributed by atoms with E-state index in [2.05, 4.69) is 47.9 Å². The van der Waals surface area contributed by atoms with Crippen LogP contribution in [0.4, 0.5) is 0 Å². The SMILES string of the molecule is Cc1ccc(C2=CC(c3ccccc3O)NC(C3CCCCC3)N2)cc1. The molecular formula is C23H28N2O. The first kappa shape index (κ1) is 17.2. The molecule has 1 saturated carbocycles. The van der Waals surface area contributed by atoms with Crippen molar-refractivity contribution in [3.63, 3.8) is 0 Å². The van der Waals surface area contributed by atoms with Gasteiger partial charge >= 0.3 is 0 Å². The van der Waals surface area contributed by atoms with Crippen molar-refractivity contribution in [1.82, 2.24) is 10.6 Å². The number of hydrogen-bond acceptors (Lipinski definition) is 3. The van der Waals surface area contributed by atoms with Crippen LogP contribution in [0.3, 0.4) is 0 Å². The fourth-order valence-corrected chi connectivity index (χ4v) is 4.23. The molecule has 3 N–H and O–H groups in total. The summed E-state index contributed by atoms with van der Waals surface area (Å²) < 4.78 is 0. The van der Waals surface area contributed by atoms with Crippen LogP contribution >= 0.6 is 0 Å². The number of phenolic OH excluding ortho intramolecular Hbond substituents is 1. The Bertz CT molecular complexity index is 775. The van der Waals surface area contributed by atoms with Gasteiger partial charge in [0.05, 0.1) is 12.2 Å². The van der Waals surface area contributed by atoms with Gasteiger partial charge < -0.3 is 10.4 Å². The van der Waals surface area contributed by atoms with Crippen molar-refractivity contribution in [3.8, 4) is 5.75 Å². The Balaban J connectivity index is 1.68. The molecule has 0 aromatic heterocycles. The maximum Gasteiger partial charge on any atom is 0.120 e. The van der Waals surface area contributed by atoms with Gasteiger partial charge in [-0.05, 0) is 43.4 Å². The molecule has 2 aromatic carbocycles. The number of hydrogen-bond donors (Lipinski definition) is 3. The van der Waals surface area contributed by atoms with E-state index in [0.29, 0.717) is 11.7 Å². The van der Waals surface area contributed by atoms with E-state index in [1.54, 1.807) is 6.07 Å². The summed E-state index contributed by atoms with van der Waals surface area (Å²) in [6.45, 7) is 2.11. The van der Waals surface area contributed by atoms with E-state index in [1.807, 2.05) is 18.2 Å². The molecule has 0 amide bonds. The number of rotatable bonds is 3. The van der Waals surface area contributed by atoms with E-state index in [0.717, 1.165) is 11.3 Å². The van der Waals surface area contributed by atoms with Gasteiger partial charge in [-0.15, -0.1) is 0 Å². The first-order chi connectivity index (χ1) is 12.7. The monoisotopic (exact) mass is 348 g/mol. The van der Waals surface area contributed by atoms with Gasteiger partial charge in [0.15, 0.2) is 0 Å². The number of para-hydroxylation sites is 1. The van der Waals surface area contributed by atoms with E-state index in [-0.39, 0.29) is 12.2 Å². The van der Waals surface area contributed by atoms with Crippen molar-refractivity contribution in [3.05, 3.63) is 71.3 Å². The molecule has 2 unspecified atom stereocenters. The molecule has 0 spiro atoms. The highest BCUT2D eigenvalue weighted by Gasteiger charge is 2.30. The third-order valence-corrected chi connectivity index (χ3v) is 5.76. The molecule has 2 aliphatic rings. The van der Waals surface area contributed by atoms with Crippen molar-refractivity contribution in [2.75, 3.05) is 0 Å². The Kier molecular flexibility index (Phi) is 4.98. The Morgan fingerprint density at radius 2 is 1.65 bits per heavy atom. The average Bonchev–Trinajstić information content (AvgIpc) is 2.69. The molecule has 2 aromatic rings. The highest BCUT2D eigenvalue weighted by atomic mass is 16.3. The summed E-state index contributed by atoms with van der Waals surface area (Å²) in [5, 5.41) is 17.9. The van der Waals surface area contributed by atoms with Crippen LogP contribution in [-0.2, 0) is 0 Å². The number of phenols is 1. The van der Waals surface area contributed by atoms with Gasteiger partial charge in [0, 0.05) is 11.3 Å². The number of nitrogens with one attached hydrogen (secondary N) is 2. The molecule has 3 nitrogen and oxygen atoms in total. The summed E-state index contributed by atoms with van der Waals surface area (Å²) in [5.41, 5.74) is 4.58. The van der Waals surface area contributed by atoms with Gasteiger partial charge in [0.1, 0.15) is 5.75 Å². The highest BCUT2D eigenvalue weighted by molar-refractivity contribution is 5.66.